The molecule has 2 aromatic heterocycles. The topological polar surface area (TPSA) is 46.3 Å². The third-order valence-electron chi connectivity index (χ3n) is 3.24. The number of carbonyl (C=O) groups is 1. The second kappa shape index (κ2) is 5.50. The maximum atomic E-state index is 11.9. The average molecular weight is 321 g/mol. The molecule has 0 aliphatic carbocycles. The number of fused-ring (bicyclic) bond motifs is 1. The van der Waals surface area contributed by atoms with Gasteiger partial charge in [0.2, 0.25) is 5.91 Å². The number of carbonyl (C=O) groups excluding carboxylic acids is 1. The predicted octanol–water partition coefficient (Wildman–Crippen LogP) is 4.40. The van der Waals surface area contributed by atoms with Crippen LogP contribution in [0.25, 0.3) is 10.2 Å². The van der Waals surface area contributed by atoms with Gasteiger partial charge < -0.3 is 4.42 Å². The zero-order valence-corrected chi connectivity index (χ0v) is 13.2. The van der Waals surface area contributed by atoms with Gasteiger partial charge in [-0.05, 0) is 36.8 Å². The second-order valence-electron chi connectivity index (χ2n) is 4.70. The van der Waals surface area contributed by atoms with Crippen molar-refractivity contribution in [2.24, 2.45) is 0 Å². The Hall–Kier alpha value is -1.85. The molecule has 0 aliphatic heterocycles. The third kappa shape index (κ3) is 2.66. The van der Waals surface area contributed by atoms with Gasteiger partial charge in [-0.15, -0.1) is 0 Å². The number of aromatic nitrogens is 1. The Morgan fingerprint density at radius 1 is 1.43 bits per heavy atom. The minimum absolute atomic E-state index is 0.0748. The van der Waals surface area contributed by atoms with Crippen molar-refractivity contribution in [3.63, 3.8) is 0 Å². The number of thiazole rings is 1. The zero-order chi connectivity index (χ0) is 15.0. The van der Waals surface area contributed by atoms with E-state index in [1.807, 2.05) is 25.1 Å². The van der Waals surface area contributed by atoms with Gasteiger partial charge in [0.05, 0.1) is 23.0 Å². The standard InChI is InChI=1S/C15H13ClN2O2S/c1-9-12(16)5-6-13-14(9)17-15(21-13)18(10(2)19)8-11-4-3-7-20-11/h3-7H,8H2,1-2H3. The Labute approximate surface area is 131 Å². The fourth-order valence-electron chi connectivity index (χ4n) is 2.08. The molecule has 0 saturated heterocycles. The number of benzene rings is 1. The van der Waals surface area contributed by atoms with E-state index in [4.69, 9.17) is 16.0 Å². The molecule has 2 heterocycles. The lowest BCUT2D eigenvalue weighted by Gasteiger charge is -2.15. The lowest BCUT2D eigenvalue weighted by atomic mass is 10.2. The van der Waals surface area contributed by atoms with Crippen molar-refractivity contribution in [1.82, 2.24) is 4.98 Å². The van der Waals surface area contributed by atoms with Crippen LogP contribution in [0.4, 0.5) is 5.13 Å². The van der Waals surface area contributed by atoms with Crippen molar-refractivity contribution >= 4 is 44.2 Å². The Kier molecular flexibility index (Phi) is 3.69. The van der Waals surface area contributed by atoms with Crippen molar-refractivity contribution in [3.05, 3.63) is 46.9 Å². The third-order valence-corrected chi connectivity index (χ3v) is 4.69. The first-order chi connectivity index (χ1) is 10.1. The monoisotopic (exact) mass is 320 g/mol. The number of anilines is 1. The van der Waals surface area contributed by atoms with E-state index in [9.17, 15) is 4.79 Å². The zero-order valence-electron chi connectivity index (χ0n) is 11.6. The highest BCUT2D eigenvalue weighted by Crippen LogP contribution is 2.34. The van der Waals surface area contributed by atoms with Gasteiger partial charge in [-0.1, -0.05) is 22.9 Å². The minimum Gasteiger partial charge on any atom is -0.467 e. The number of rotatable bonds is 3. The quantitative estimate of drug-likeness (QED) is 0.718. The molecule has 108 valence electrons. The molecule has 0 fully saturated rings. The van der Waals surface area contributed by atoms with Crippen LogP contribution in [0.5, 0.6) is 0 Å². The van der Waals surface area contributed by atoms with Gasteiger partial charge in [0.25, 0.3) is 0 Å². The summed E-state index contributed by atoms with van der Waals surface area (Å²) >= 11 is 7.60. The van der Waals surface area contributed by atoms with Gasteiger partial charge in [-0.3, -0.25) is 9.69 Å². The molecule has 1 amide bonds. The van der Waals surface area contributed by atoms with Gasteiger partial charge in [0, 0.05) is 11.9 Å². The summed E-state index contributed by atoms with van der Waals surface area (Å²) in [6.45, 7) is 3.82. The van der Waals surface area contributed by atoms with Crippen LogP contribution in [-0.2, 0) is 11.3 Å². The molecule has 1 aromatic carbocycles. The summed E-state index contributed by atoms with van der Waals surface area (Å²) in [7, 11) is 0. The highest BCUT2D eigenvalue weighted by Gasteiger charge is 2.19. The number of halogens is 1. The lowest BCUT2D eigenvalue weighted by Crippen LogP contribution is -2.27. The van der Waals surface area contributed by atoms with E-state index in [1.54, 1.807) is 17.2 Å². The maximum absolute atomic E-state index is 11.9. The number of hydrogen-bond donors (Lipinski definition) is 0. The molecule has 3 aromatic rings. The van der Waals surface area contributed by atoms with Gasteiger partial charge >= 0.3 is 0 Å². The van der Waals surface area contributed by atoms with E-state index in [2.05, 4.69) is 4.98 Å². The molecule has 0 radical (unpaired) electrons. The average Bonchev–Trinajstić information content (AvgIpc) is 3.09. The second-order valence-corrected chi connectivity index (χ2v) is 6.12. The lowest BCUT2D eigenvalue weighted by molar-refractivity contribution is -0.116. The smallest absolute Gasteiger partial charge is 0.226 e. The van der Waals surface area contributed by atoms with E-state index in [0.29, 0.717) is 16.7 Å². The fraction of sp³-hybridized carbons (Fsp3) is 0.200. The molecule has 0 aliphatic rings. The number of aryl methyl sites for hydroxylation is 1. The van der Waals surface area contributed by atoms with Gasteiger partial charge in [-0.25, -0.2) is 4.98 Å². The van der Waals surface area contributed by atoms with Crippen molar-refractivity contribution in [2.75, 3.05) is 4.90 Å². The van der Waals surface area contributed by atoms with Crippen molar-refractivity contribution in [1.29, 1.82) is 0 Å². The summed E-state index contributed by atoms with van der Waals surface area (Å²) < 4.78 is 6.33. The Morgan fingerprint density at radius 2 is 2.24 bits per heavy atom. The molecule has 4 nitrogen and oxygen atoms in total. The maximum Gasteiger partial charge on any atom is 0.226 e. The Balaban J connectivity index is 2.03. The van der Waals surface area contributed by atoms with Gasteiger partial charge in [0.15, 0.2) is 5.13 Å². The van der Waals surface area contributed by atoms with Crippen LogP contribution in [0.15, 0.2) is 34.9 Å². The molecule has 0 unspecified atom stereocenters. The number of furan rings is 1. The first-order valence-corrected chi connectivity index (χ1v) is 7.62. The van der Waals surface area contributed by atoms with Crippen molar-refractivity contribution in [2.45, 2.75) is 20.4 Å². The molecule has 21 heavy (non-hydrogen) atoms. The number of hydrogen-bond acceptors (Lipinski definition) is 4. The molecular formula is C15H13ClN2O2S. The summed E-state index contributed by atoms with van der Waals surface area (Å²) in [6.07, 6.45) is 1.59. The van der Waals surface area contributed by atoms with Crippen LogP contribution in [-0.4, -0.2) is 10.9 Å². The van der Waals surface area contributed by atoms with E-state index in [1.165, 1.54) is 18.3 Å². The first kappa shape index (κ1) is 14.1. The van der Waals surface area contributed by atoms with Crippen LogP contribution >= 0.6 is 22.9 Å². The van der Waals surface area contributed by atoms with E-state index in [-0.39, 0.29) is 5.91 Å². The van der Waals surface area contributed by atoms with Gasteiger partial charge in [-0.2, -0.15) is 0 Å². The Morgan fingerprint density at radius 3 is 2.90 bits per heavy atom. The molecule has 0 saturated carbocycles. The first-order valence-electron chi connectivity index (χ1n) is 6.42. The van der Waals surface area contributed by atoms with E-state index >= 15 is 0 Å². The van der Waals surface area contributed by atoms with Crippen molar-refractivity contribution in [3.8, 4) is 0 Å². The molecule has 0 N–H and O–H groups in total. The Bertz CT molecular complexity index is 795. The molecule has 0 atom stereocenters. The predicted molar refractivity (Wildman–Crippen MR) is 84.9 cm³/mol. The molecule has 0 bridgehead atoms. The van der Waals surface area contributed by atoms with Crippen LogP contribution < -0.4 is 4.90 Å². The normalized spacial score (nSPS) is 11.0. The largest absolute Gasteiger partial charge is 0.467 e. The minimum atomic E-state index is -0.0748. The SMILES string of the molecule is CC(=O)N(Cc1ccco1)c1nc2c(C)c(Cl)ccc2s1. The van der Waals surface area contributed by atoms with E-state index < -0.39 is 0 Å². The highest BCUT2D eigenvalue weighted by atomic mass is 35.5. The summed E-state index contributed by atoms with van der Waals surface area (Å²) in [6, 6.07) is 7.42. The van der Waals surface area contributed by atoms with Crippen LogP contribution in [0, 0.1) is 6.92 Å². The number of nitrogens with zero attached hydrogens (tertiary/aromatic N) is 2. The molecule has 3 rings (SSSR count). The summed E-state index contributed by atoms with van der Waals surface area (Å²) in [4.78, 5) is 18.1. The fourth-order valence-corrected chi connectivity index (χ4v) is 3.30. The van der Waals surface area contributed by atoms with E-state index in [0.717, 1.165) is 21.5 Å². The molecule has 6 heteroatoms. The van der Waals surface area contributed by atoms with Crippen LogP contribution in [0.3, 0.4) is 0 Å². The molecular weight excluding hydrogens is 308 g/mol. The number of amides is 1. The summed E-state index contributed by atoms with van der Waals surface area (Å²) in [5.41, 5.74) is 1.77. The van der Waals surface area contributed by atoms with Crippen molar-refractivity contribution < 1.29 is 9.21 Å². The summed E-state index contributed by atoms with van der Waals surface area (Å²) in [5, 5.41) is 1.33. The summed E-state index contributed by atoms with van der Waals surface area (Å²) in [5.74, 6) is 0.647. The molecule has 0 spiro atoms. The van der Waals surface area contributed by atoms with Crippen LogP contribution in [0.1, 0.15) is 18.2 Å². The highest BCUT2D eigenvalue weighted by molar-refractivity contribution is 7.22. The van der Waals surface area contributed by atoms with Crippen LogP contribution in [0.2, 0.25) is 5.02 Å². The van der Waals surface area contributed by atoms with Gasteiger partial charge in [0.1, 0.15) is 5.76 Å².